The van der Waals surface area contributed by atoms with Gasteiger partial charge < -0.3 is 21.3 Å². The molecule has 2 aromatic rings. The second-order valence-electron chi connectivity index (χ2n) is 3.86. The molecule has 0 aliphatic carbocycles. The molecule has 0 spiro atoms. The number of para-hydroxylation sites is 1. The fourth-order valence-electron chi connectivity index (χ4n) is 1.52. The Morgan fingerprint density at radius 2 is 1.95 bits per heavy atom. The molecule has 0 aromatic heterocycles. The van der Waals surface area contributed by atoms with E-state index in [0.29, 0.717) is 0 Å². The van der Waals surface area contributed by atoms with E-state index in [1.165, 1.54) is 30.3 Å². The van der Waals surface area contributed by atoms with Crippen molar-refractivity contribution in [2.45, 2.75) is 0 Å². The lowest BCUT2D eigenvalue weighted by Crippen LogP contribution is -2.12. The van der Waals surface area contributed by atoms with E-state index in [4.69, 9.17) is 5.73 Å². The molecule has 5 N–H and O–H groups in total. The van der Waals surface area contributed by atoms with Crippen molar-refractivity contribution in [3.63, 3.8) is 0 Å². The zero-order valence-electron chi connectivity index (χ0n) is 9.72. The highest BCUT2D eigenvalue weighted by atomic mass is 19.1. The highest BCUT2D eigenvalue weighted by Crippen LogP contribution is 2.28. The van der Waals surface area contributed by atoms with E-state index < -0.39 is 23.2 Å². The van der Waals surface area contributed by atoms with Crippen molar-refractivity contribution >= 4 is 17.3 Å². The Morgan fingerprint density at radius 3 is 2.63 bits per heavy atom. The lowest BCUT2D eigenvalue weighted by atomic mass is 10.1. The van der Waals surface area contributed by atoms with E-state index in [9.17, 15) is 19.4 Å². The Kier molecular flexibility index (Phi) is 3.24. The van der Waals surface area contributed by atoms with Gasteiger partial charge in [-0.25, -0.2) is 4.39 Å². The summed E-state index contributed by atoms with van der Waals surface area (Å²) in [7, 11) is 0. The van der Waals surface area contributed by atoms with Gasteiger partial charge in [0.2, 0.25) is 0 Å². The second kappa shape index (κ2) is 4.85. The number of nitrogens with one attached hydrogen (secondary N) is 1. The number of carbonyl (C=O) groups excluding carboxylic acids is 1. The number of halogens is 1. The van der Waals surface area contributed by atoms with E-state index in [-0.39, 0.29) is 16.9 Å². The number of nitrogen functional groups attached to an aromatic ring is 1. The minimum absolute atomic E-state index is 0.0294. The van der Waals surface area contributed by atoms with Gasteiger partial charge in [0.05, 0.1) is 11.3 Å². The van der Waals surface area contributed by atoms with Gasteiger partial charge in [-0.1, -0.05) is 6.07 Å². The van der Waals surface area contributed by atoms with E-state index in [1.54, 1.807) is 0 Å². The molecule has 2 rings (SSSR count). The van der Waals surface area contributed by atoms with Gasteiger partial charge >= 0.3 is 0 Å². The van der Waals surface area contributed by atoms with E-state index >= 15 is 0 Å². The Hall–Kier alpha value is -2.76. The van der Waals surface area contributed by atoms with Crippen molar-refractivity contribution in [3.05, 3.63) is 47.8 Å². The van der Waals surface area contributed by atoms with Crippen molar-refractivity contribution in [2.75, 3.05) is 11.1 Å². The molecular formula is C13H11FN2O3. The average Bonchev–Trinajstić information content (AvgIpc) is 2.37. The topological polar surface area (TPSA) is 95.6 Å². The monoisotopic (exact) mass is 262 g/mol. The van der Waals surface area contributed by atoms with Gasteiger partial charge in [0, 0.05) is 5.69 Å². The standard InChI is InChI=1S/C13H11FN2O3/c14-9-6-7(4-5-10(9)15)16-13(19)8-2-1-3-11(17)12(8)18/h1-6,17-18H,15H2,(H,16,19). The van der Waals surface area contributed by atoms with Crippen LogP contribution in [-0.2, 0) is 0 Å². The van der Waals surface area contributed by atoms with Crippen LogP contribution in [-0.4, -0.2) is 16.1 Å². The summed E-state index contributed by atoms with van der Waals surface area (Å²) in [5.74, 6) is -2.26. The number of phenolic OH excluding ortho intramolecular Hbond substituents is 2. The van der Waals surface area contributed by atoms with E-state index in [2.05, 4.69) is 5.32 Å². The summed E-state index contributed by atoms with van der Waals surface area (Å²) in [6.45, 7) is 0. The molecule has 0 radical (unpaired) electrons. The molecule has 19 heavy (non-hydrogen) atoms. The smallest absolute Gasteiger partial charge is 0.259 e. The largest absolute Gasteiger partial charge is 0.504 e. The fraction of sp³-hybridized carbons (Fsp3) is 0. The van der Waals surface area contributed by atoms with Crippen molar-refractivity contribution < 1.29 is 19.4 Å². The average molecular weight is 262 g/mol. The summed E-state index contributed by atoms with van der Waals surface area (Å²) < 4.78 is 13.2. The molecule has 0 aliphatic heterocycles. The van der Waals surface area contributed by atoms with Crippen LogP contribution < -0.4 is 11.1 Å². The Labute approximate surface area is 108 Å². The van der Waals surface area contributed by atoms with Gasteiger partial charge in [-0.15, -0.1) is 0 Å². The number of phenols is 2. The summed E-state index contributed by atoms with van der Waals surface area (Å²) >= 11 is 0. The molecule has 0 unspecified atom stereocenters. The summed E-state index contributed by atoms with van der Waals surface area (Å²) in [5, 5.41) is 21.2. The number of rotatable bonds is 2. The Morgan fingerprint density at radius 1 is 1.21 bits per heavy atom. The predicted octanol–water partition coefficient (Wildman–Crippen LogP) is 2.07. The number of amides is 1. The SMILES string of the molecule is Nc1ccc(NC(=O)c2cccc(O)c2O)cc1F. The summed E-state index contributed by atoms with van der Waals surface area (Å²) in [4.78, 5) is 11.8. The Balaban J connectivity index is 2.26. The minimum Gasteiger partial charge on any atom is -0.504 e. The van der Waals surface area contributed by atoms with Crippen molar-refractivity contribution in [1.29, 1.82) is 0 Å². The normalized spacial score (nSPS) is 10.2. The van der Waals surface area contributed by atoms with Crippen LogP contribution in [0.4, 0.5) is 15.8 Å². The van der Waals surface area contributed by atoms with Crippen molar-refractivity contribution in [2.24, 2.45) is 0 Å². The van der Waals surface area contributed by atoms with Crippen LogP contribution in [0.15, 0.2) is 36.4 Å². The number of carbonyl (C=O) groups is 1. The van der Waals surface area contributed by atoms with Crippen LogP contribution in [0.5, 0.6) is 11.5 Å². The van der Waals surface area contributed by atoms with Gasteiger partial charge in [0.15, 0.2) is 11.5 Å². The maximum atomic E-state index is 13.2. The van der Waals surface area contributed by atoms with Gasteiger partial charge in [-0.2, -0.15) is 0 Å². The van der Waals surface area contributed by atoms with Crippen molar-refractivity contribution in [3.8, 4) is 11.5 Å². The van der Waals surface area contributed by atoms with Crippen LogP contribution >= 0.6 is 0 Å². The van der Waals surface area contributed by atoms with Crippen LogP contribution in [0.2, 0.25) is 0 Å². The Bertz CT molecular complexity index is 644. The summed E-state index contributed by atoms with van der Waals surface area (Å²) in [6, 6.07) is 7.79. The third-order valence-corrected chi connectivity index (χ3v) is 2.52. The third kappa shape index (κ3) is 2.57. The number of hydrogen-bond acceptors (Lipinski definition) is 4. The molecular weight excluding hydrogens is 251 g/mol. The highest BCUT2D eigenvalue weighted by Gasteiger charge is 2.14. The van der Waals surface area contributed by atoms with Gasteiger partial charge in [-0.05, 0) is 30.3 Å². The number of nitrogens with two attached hydrogens (primary N) is 1. The van der Waals surface area contributed by atoms with Crippen LogP contribution in [0, 0.1) is 5.82 Å². The van der Waals surface area contributed by atoms with Gasteiger partial charge in [0.1, 0.15) is 5.82 Å². The molecule has 0 heterocycles. The predicted molar refractivity (Wildman–Crippen MR) is 68.5 cm³/mol. The molecule has 98 valence electrons. The number of benzene rings is 2. The molecule has 0 saturated heterocycles. The summed E-state index contributed by atoms with van der Waals surface area (Å²) in [5.41, 5.74) is 5.36. The highest BCUT2D eigenvalue weighted by molar-refractivity contribution is 6.06. The third-order valence-electron chi connectivity index (χ3n) is 2.52. The number of aromatic hydroxyl groups is 2. The van der Waals surface area contributed by atoms with E-state index in [0.717, 1.165) is 6.07 Å². The zero-order valence-corrected chi connectivity index (χ0v) is 9.72. The molecule has 6 heteroatoms. The molecule has 1 amide bonds. The maximum Gasteiger partial charge on any atom is 0.259 e. The molecule has 0 saturated carbocycles. The first kappa shape index (κ1) is 12.7. The second-order valence-corrected chi connectivity index (χ2v) is 3.86. The van der Waals surface area contributed by atoms with Crippen LogP contribution in [0.3, 0.4) is 0 Å². The molecule has 0 fully saturated rings. The maximum absolute atomic E-state index is 13.2. The van der Waals surface area contributed by atoms with Crippen molar-refractivity contribution in [1.82, 2.24) is 0 Å². The van der Waals surface area contributed by atoms with Crippen LogP contribution in [0.25, 0.3) is 0 Å². The lowest BCUT2D eigenvalue weighted by molar-refractivity contribution is 0.102. The first-order valence-electron chi connectivity index (χ1n) is 5.36. The summed E-state index contributed by atoms with van der Waals surface area (Å²) in [6.07, 6.45) is 0. The van der Waals surface area contributed by atoms with Crippen LogP contribution in [0.1, 0.15) is 10.4 Å². The molecule has 0 bridgehead atoms. The molecule has 2 aromatic carbocycles. The molecule has 5 nitrogen and oxygen atoms in total. The van der Waals surface area contributed by atoms with Gasteiger partial charge in [0.25, 0.3) is 5.91 Å². The van der Waals surface area contributed by atoms with Gasteiger partial charge in [-0.3, -0.25) is 4.79 Å². The van der Waals surface area contributed by atoms with E-state index in [1.807, 2.05) is 0 Å². The lowest BCUT2D eigenvalue weighted by Gasteiger charge is -2.08. The minimum atomic E-state index is -0.669. The quantitative estimate of drug-likeness (QED) is 0.492. The molecule has 0 atom stereocenters. The first-order valence-corrected chi connectivity index (χ1v) is 5.36. The number of hydrogen-bond donors (Lipinski definition) is 4. The molecule has 0 aliphatic rings. The fourth-order valence-corrected chi connectivity index (χ4v) is 1.52. The number of anilines is 2. The first-order chi connectivity index (χ1) is 8.99. The zero-order chi connectivity index (χ0) is 14.0.